The van der Waals surface area contributed by atoms with Crippen LogP contribution in [0, 0.1) is 11.8 Å². The quantitative estimate of drug-likeness (QED) is 0.168. The van der Waals surface area contributed by atoms with Gasteiger partial charge in [-0.25, -0.2) is 4.79 Å². The lowest BCUT2D eigenvalue weighted by Crippen LogP contribution is -2.59. The van der Waals surface area contributed by atoms with Crippen molar-refractivity contribution in [1.29, 1.82) is 0 Å². The predicted octanol–water partition coefficient (Wildman–Crippen LogP) is -0.427. The third-order valence-electron chi connectivity index (χ3n) is 5.34. The van der Waals surface area contributed by atoms with E-state index in [-0.39, 0.29) is 31.1 Å². The number of amides is 4. The van der Waals surface area contributed by atoms with E-state index in [2.05, 4.69) is 16.0 Å². The van der Waals surface area contributed by atoms with E-state index in [1.807, 2.05) is 20.1 Å². The van der Waals surface area contributed by atoms with Crippen LogP contribution in [-0.2, 0) is 24.0 Å². The first-order valence-electron chi connectivity index (χ1n) is 11.0. The van der Waals surface area contributed by atoms with Gasteiger partial charge < -0.3 is 32.5 Å². The molecule has 0 aliphatic rings. The van der Waals surface area contributed by atoms with Crippen molar-refractivity contribution in [3.63, 3.8) is 0 Å². The summed E-state index contributed by atoms with van der Waals surface area (Å²) in [5.41, 5.74) is 11.0. The smallest absolute Gasteiger partial charge is 0.326 e. The number of carbonyl (C=O) groups is 5. The number of carboxylic acid groups (broad SMARTS) is 1. The normalized spacial score (nSPS) is 15.6. The zero-order valence-electron chi connectivity index (χ0n) is 20.1. The van der Waals surface area contributed by atoms with Gasteiger partial charge in [0.2, 0.25) is 23.6 Å². The summed E-state index contributed by atoms with van der Waals surface area (Å²) in [5.74, 6) is -3.56. The van der Waals surface area contributed by atoms with Crippen LogP contribution < -0.4 is 27.4 Å². The number of nitrogens with one attached hydrogen (secondary N) is 3. The van der Waals surface area contributed by atoms with Crippen molar-refractivity contribution in [2.75, 3.05) is 12.0 Å². The monoisotopic (exact) mass is 489 g/mol. The molecule has 0 bridgehead atoms. The number of rotatable bonds is 16. The summed E-state index contributed by atoms with van der Waals surface area (Å²) in [7, 11) is 0. The van der Waals surface area contributed by atoms with E-state index in [4.69, 9.17) is 11.5 Å². The van der Waals surface area contributed by atoms with Crippen molar-refractivity contribution in [3.8, 4) is 0 Å². The summed E-state index contributed by atoms with van der Waals surface area (Å²) in [5, 5.41) is 17.0. The van der Waals surface area contributed by atoms with E-state index in [0.717, 1.165) is 0 Å². The Morgan fingerprint density at radius 3 is 1.94 bits per heavy atom. The van der Waals surface area contributed by atoms with E-state index in [0.29, 0.717) is 12.2 Å². The van der Waals surface area contributed by atoms with Crippen LogP contribution in [0.5, 0.6) is 0 Å². The number of thioether (sulfide) groups is 1. The van der Waals surface area contributed by atoms with Gasteiger partial charge in [-0.3, -0.25) is 19.2 Å². The maximum absolute atomic E-state index is 13.0. The van der Waals surface area contributed by atoms with Crippen LogP contribution in [0.25, 0.3) is 0 Å². The minimum Gasteiger partial charge on any atom is -0.480 e. The molecule has 0 heterocycles. The minimum atomic E-state index is -1.33. The molecule has 0 radical (unpaired) electrons. The summed E-state index contributed by atoms with van der Waals surface area (Å²) < 4.78 is 0. The lowest BCUT2D eigenvalue weighted by Gasteiger charge is -2.27. The number of carboxylic acids is 1. The average molecular weight is 490 g/mol. The Labute approximate surface area is 199 Å². The lowest BCUT2D eigenvalue weighted by atomic mass is 9.97. The van der Waals surface area contributed by atoms with Gasteiger partial charge in [0.1, 0.15) is 18.1 Å². The van der Waals surface area contributed by atoms with E-state index in [1.165, 1.54) is 11.8 Å². The molecule has 0 aromatic rings. The maximum atomic E-state index is 13.0. The Morgan fingerprint density at radius 1 is 0.909 bits per heavy atom. The standard InChI is InChI=1S/C21H39N5O6S/c1-6-12(4)16(23)19(29)26-17(11(2)3)20(30)24-13(9-10-33-5)18(28)25-14(21(31)32)7-8-15(22)27/h11-14,16-17H,6-10,23H2,1-5H3,(H2,22,27)(H,24,30)(H,25,28)(H,26,29)(H,31,32). The third kappa shape index (κ3) is 11.4. The third-order valence-corrected chi connectivity index (χ3v) is 5.99. The molecule has 0 saturated carbocycles. The molecule has 12 heteroatoms. The van der Waals surface area contributed by atoms with Crippen molar-refractivity contribution < 1.29 is 29.1 Å². The summed E-state index contributed by atoms with van der Waals surface area (Å²) >= 11 is 1.45. The predicted molar refractivity (Wildman–Crippen MR) is 127 cm³/mol. The lowest BCUT2D eigenvalue weighted by molar-refractivity contribution is -0.142. The van der Waals surface area contributed by atoms with Gasteiger partial charge in [0.05, 0.1) is 6.04 Å². The molecule has 5 unspecified atom stereocenters. The van der Waals surface area contributed by atoms with Crippen molar-refractivity contribution in [2.45, 2.75) is 77.5 Å². The fraction of sp³-hybridized carbons (Fsp3) is 0.762. The maximum Gasteiger partial charge on any atom is 0.326 e. The number of primary amides is 1. The highest BCUT2D eigenvalue weighted by Gasteiger charge is 2.32. The Hall–Kier alpha value is -2.34. The van der Waals surface area contributed by atoms with Gasteiger partial charge in [-0.2, -0.15) is 11.8 Å². The van der Waals surface area contributed by atoms with Crippen molar-refractivity contribution in [3.05, 3.63) is 0 Å². The van der Waals surface area contributed by atoms with Crippen LogP contribution in [0.3, 0.4) is 0 Å². The van der Waals surface area contributed by atoms with Gasteiger partial charge in [0, 0.05) is 6.42 Å². The molecule has 0 aromatic heterocycles. The number of hydrogen-bond acceptors (Lipinski definition) is 7. The largest absolute Gasteiger partial charge is 0.480 e. The first-order valence-corrected chi connectivity index (χ1v) is 12.4. The minimum absolute atomic E-state index is 0.0747. The molecule has 190 valence electrons. The van der Waals surface area contributed by atoms with Crippen molar-refractivity contribution in [1.82, 2.24) is 16.0 Å². The molecule has 0 aliphatic heterocycles. The van der Waals surface area contributed by atoms with Gasteiger partial charge in [-0.05, 0) is 36.7 Å². The van der Waals surface area contributed by atoms with Gasteiger partial charge in [0.25, 0.3) is 0 Å². The van der Waals surface area contributed by atoms with Crippen LogP contribution >= 0.6 is 11.8 Å². The Morgan fingerprint density at radius 2 is 1.48 bits per heavy atom. The van der Waals surface area contributed by atoms with Crippen molar-refractivity contribution >= 4 is 41.4 Å². The molecule has 0 fully saturated rings. The first kappa shape index (κ1) is 30.7. The van der Waals surface area contributed by atoms with Gasteiger partial charge in [-0.15, -0.1) is 0 Å². The van der Waals surface area contributed by atoms with E-state index in [9.17, 15) is 29.1 Å². The first-order chi connectivity index (χ1) is 15.3. The zero-order chi connectivity index (χ0) is 25.7. The average Bonchev–Trinajstić information content (AvgIpc) is 2.75. The Kier molecular flexibility index (Phi) is 14.4. The van der Waals surface area contributed by atoms with E-state index >= 15 is 0 Å². The molecule has 0 aliphatic carbocycles. The number of aliphatic carboxylic acids is 1. The number of carbonyl (C=O) groups excluding carboxylic acids is 4. The highest BCUT2D eigenvalue weighted by molar-refractivity contribution is 7.98. The van der Waals surface area contributed by atoms with Crippen LogP contribution in [0.4, 0.5) is 0 Å². The molecule has 8 N–H and O–H groups in total. The van der Waals surface area contributed by atoms with Crippen molar-refractivity contribution in [2.24, 2.45) is 23.3 Å². The second-order valence-corrected chi connectivity index (χ2v) is 9.37. The van der Waals surface area contributed by atoms with Crippen LogP contribution in [-0.4, -0.2) is 70.9 Å². The molecule has 0 spiro atoms. The molecular formula is C21H39N5O6S. The fourth-order valence-corrected chi connectivity index (χ4v) is 3.35. The Bertz CT molecular complexity index is 690. The van der Waals surface area contributed by atoms with Gasteiger partial charge in [-0.1, -0.05) is 34.1 Å². The second kappa shape index (κ2) is 15.5. The molecular weight excluding hydrogens is 450 g/mol. The molecule has 0 aromatic carbocycles. The van der Waals surface area contributed by atoms with E-state index in [1.54, 1.807) is 13.8 Å². The SMILES string of the molecule is CCC(C)C(N)C(=O)NC(C(=O)NC(CCSC)C(=O)NC(CCC(N)=O)C(=O)O)C(C)C. The molecule has 5 atom stereocenters. The second-order valence-electron chi connectivity index (χ2n) is 8.39. The molecule has 11 nitrogen and oxygen atoms in total. The van der Waals surface area contributed by atoms with Crippen LogP contribution in [0.1, 0.15) is 53.4 Å². The number of nitrogens with two attached hydrogens (primary N) is 2. The highest BCUT2D eigenvalue weighted by atomic mass is 32.2. The molecule has 4 amide bonds. The summed E-state index contributed by atoms with van der Waals surface area (Å²) in [6.07, 6.45) is 2.39. The topological polar surface area (TPSA) is 194 Å². The highest BCUT2D eigenvalue weighted by Crippen LogP contribution is 2.10. The van der Waals surface area contributed by atoms with E-state index < -0.39 is 53.8 Å². The number of hydrogen-bond donors (Lipinski definition) is 6. The molecule has 33 heavy (non-hydrogen) atoms. The zero-order valence-corrected chi connectivity index (χ0v) is 20.9. The molecule has 0 saturated heterocycles. The van der Waals surface area contributed by atoms with Gasteiger partial charge in [0.15, 0.2) is 0 Å². The summed E-state index contributed by atoms with van der Waals surface area (Å²) in [4.78, 5) is 60.7. The fourth-order valence-electron chi connectivity index (χ4n) is 2.88. The summed E-state index contributed by atoms with van der Waals surface area (Å²) in [6, 6.07) is -4.06. The van der Waals surface area contributed by atoms with Crippen LogP contribution in [0.2, 0.25) is 0 Å². The summed E-state index contributed by atoms with van der Waals surface area (Å²) in [6.45, 7) is 7.25. The van der Waals surface area contributed by atoms with Crippen LogP contribution in [0.15, 0.2) is 0 Å². The Balaban J connectivity index is 5.42. The molecule has 0 rings (SSSR count). The van der Waals surface area contributed by atoms with Gasteiger partial charge >= 0.3 is 5.97 Å².